The highest BCUT2D eigenvalue weighted by Gasteiger charge is 2.21. The summed E-state index contributed by atoms with van der Waals surface area (Å²) >= 11 is 0. The van der Waals surface area contributed by atoms with Crippen LogP contribution >= 0.6 is 0 Å². The van der Waals surface area contributed by atoms with Crippen LogP contribution < -0.4 is 25.5 Å². The van der Waals surface area contributed by atoms with Crippen molar-refractivity contribution in [2.45, 2.75) is 25.7 Å². The standard InChI is InChI=1S/C37H34N4O6/c1-41-30-17-14-24(18-25(30)22-38-41)9-5-4-8-23-12-15-26(16-13-23)39-36(43)28-19-33(45-2)34(46-3)20-29(28)40-37(44)35-21-31(42)27-10-6-7-11-32(27)47-35/h6-7,10-22H,4-5,8-9H2,1-3H3,(H,39,43)(H,40,44). The summed E-state index contributed by atoms with van der Waals surface area (Å²) in [5.41, 5.74) is 4.40. The Morgan fingerprint density at radius 1 is 0.809 bits per heavy atom. The minimum absolute atomic E-state index is 0.132. The van der Waals surface area contributed by atoms with Crippen molar-refractivity contribution in [3.63, 3.8) is 0 Å². The van der Waals surface area contributed by atoms with Gasteiger partial charge < -0.3 is 24.5 Å². The molecule has 0 spiro atoms. The number of anilines is 2. The van der Waals surface area contributed by atoms with E-state index in [-0.39, 0.29) is 28.0 Å². The second-order valence-electron chi connectivity index (χ2n) is 11.2. The Morgan fingerprint density at radius 2 is 1.51 bits per heavy atom. The van der Waals surface area contributed by atoms with Crippen molar-refractivity contribution in [2.75, 3.05) is 24.9 Å². The predicted molar refractivity (Wildman–Crippen MR) is 182 cm³/mol. The van der Waals surface area contributed by atoms with Gasteiger partial charge in [0.25, 0.3) is 11.8 Å². The van der Waals surface area contributed by atoms with Gasteiger partial charge >= 0.3 is 0 Å². The lowest BCUT2D eigenvalue weighted by atomic mass is 10.0. The van der Waals surface area contributed by atoms with Crippen molar-refractivity contribution in [1.82, 2.24) is 9.78 Å². The van der Waals surface area contributed by atoms with E-state index in [1.54, 1.807) is 24.3 Å². The van der Waals surface area contributed by atoms with Crippen LogP contribution in [0, 0.1) is 0 Å². The number of methoxy groups -OCH3 is 2. The number of carbonyl (C=O) groups is 2. The smallest absolute Gasteiger partial charge is 0.291 e. The molecule has 238 valence electrons. The molecule has 0 aliphatic carbocycles. The minimum atomic E-state index is -0.698. The largest absolute Gasteiger partial charge is 0.493 e. The van der Waals surface area contributed by atoms with Crippen LogP contribution in [-0.2, 0) is 19.9 Å². The van der Waals surface area contributed by atoms with Crippen molar-refractivity contribution in [3.05, 3.63) is 124 Å². The van der Waals surface area contributed by atoms with Gasteiger partial charge in [0.15, 0.2) is 22.7 Å². The summed E-state index contributed by atoms with van der Waals surface area (Å²) in [6.45, 7) is 0. The molecule has 0 unspecified atom stereocenters. The summed E-state index contributed by atoms with van der Waals surface area (Å²) in [7, 11) is 4.86. The number of nitrogens with one attached hydrogen (secondary N) is 2. The van der Waals surface area contributed by atoms with Crippen LogP contribution in [0.2, 0.25) is 0 Å². The molecular formula is C37H34N4O6. The van der Waals surface area contributed by atoms with Crippen molar-refractivity contribution in [2.24, 2.45) is 7.05 Å². The molecule has 47 heavy (non-hydrogen) atoms. The van der Waals surface area contributed by atoms with Crippen molar-refractivity contribution in [1.29, 1.82) is 0 Å². The van der Waals surface area contributed by atoms with E-state index in [1.807, 2.05) is 42.2 Å². The zero-order chi connectivity index (χ0) is 32.9. The van der Waals surface area contributed by atoms with Gasteiger partial charge in [-0.15, -0.1) is 0 Å². The Morgan fingerprint density at radius 3 is 2.28 bits per heavy atom. The molecule has 0 atom stereocenters. The summed E-state index contributed by atoms with van der Waals surface area (Å²) < 4.78 is 18.4. The molecular weight excluding hydrogens is 596 g/mol. The van der Waals surface area contributed by atoms with Crippen molar-refractivity contribution >= 4 is 45.1 Å². The molecule has 0 fully saturated rings. The van der Waals surface area contributed by atoms with E-state index in [2.05, 4.69) is 33.9 Å². The van der Waals surface area contributed by atoms with Crippen LogP contribution in [0.25, 0.3) is 21.9 Å². The molecule has 2 aromatic heterocycles. The number of amides is 2. The molecule has 2 N–H and O–H groups in total. The highest BCUT2D eigenvalue weighted by molar-refractivity contribution is 6.12. The van der Waals surface area contributed by atoms with Gasteiger partial charge in [-0.25, -0.2) is 0 Å². The molecule has 0 bridgehead atoms. The summed E-state index contributed by atoms with van der Waals surface area (Å²) in [5.74, 6) is -0.750. The van der Waals surface area contributed by atoms with Gasteiger partial charge in [-0.2, -0.15) is 5.10 Å². The fourth-order valence-corrected chi connectivity index (χ4v) is 5.55. The van der Waals surface area contributed by atoms with Crippen LogP contribution in [-0.4, -0.2) is 35.8 Å². The zero-order valence-corrected chi connectivity index (χ0v) is 26.3. The van der Waals surface area contributed by atoms with E-state index in [0.717, 1.165) is 42.7 Å². The monoisotopic (exact) mass is 630 g/mol. The Labute approximate surface area is 270 Å². The zero-order valence-electron chi connectivity index (χ0n) is 26.3. The van der Waals surface area contributed by atoms with E-state index >= 15 is 0 Å². The number of rotatable bonds is 11. The van der Waals surface area contributed by atoms with Crippen LogP contribution in [0.15, 0.2) is 100 Å². The molecule has 0 saturated heterocycles. The number of hydrogen-bond acceptors (Lipinski definition) is 7. The molecule has 0 radical (unpaired) electrons. The van der Waals surface area contributed by atoms with Crippen LogP contribution in [0.1, 0.15) is 44.9 Å². The van der Waals surface area contributed by atoms with Gasteiger partial charge in [-0.1, -0.05) is 30.3 Å². The number of para-hydroxylation sites is 1. The maximum atomic E-state index is 13.5. The average molecular weight is 631 g/mol. The highest BCUT2D eigenvalue weighted by Crippen LogP contribution is 2.34. The summed E-state index contributed by atoms with van der Waals surface area (Å²) in [6, 6.07) is 24.9. The number of ether oxygens (including phenoxy) is 2. The fourth-order valence-electron chi connectivity index (χ4n) is 5.55. The second-order valence-corrected chi connectivity index (χ2v) is 11.2. The number of fused-ring (bicyclic) bond motifs is 2. The second kappa shape index (κ2) is 13.6. The normalized spacial score (nSPS) is 11.0. The van der Waals surface area contributed by atoms with Crippen LogP contribution in [0.5, 0.6) is 11.5 Å². The third kappa shape index (κ3) is 6.86. The fraction of sp³-hybridized carbons (Fsp3) is 0.189. The highest BCUT2D eigenvalue weighted by atomic mass is 16.5. The average Bonchev–Trinajstić information content (AvgIpc) is 3.46. The first kappa shape index (κ1) is 31.1. The van der Waals surface area contributed by atoms with Gasteiger partial charge in [0.05, 0.1) is 42.6 Å². The maximum Gasteiger partial charge on any atom is 0.291 e. The third-order valence-corrected chi connectivity index (χ3v) is 8.08. The van der Waals surface area contributed by atoms with Gasteiger partial charge in [0.1, 0.15) is 5.58 Å². The quantitative estimate of drug-likeness (QED) is 0.152. The first-order chi connectivity index (χ1) is 22.8. The number of nitrogens with zero attached hydrogens (tertiary/aromatic N) is 2. The Bertz CT molecular complexity index is 2150. The van der Waals surface area contributed by atoms with Gasteiger partial charge in [0, 0.05) is 30.3 Å². The Hall–Kier alpha value is -5.90. The SMILES string of the molecule is COc1cc(NC(=O)c2cc(=O)c3ccccc3o2)c(C(=O)Nc2ccc(CCCCc3ccc4c(cnn4C)c3)cc2)cc1OC. The third-order valence-electron chi connectivity index (χ3n) is 8.08. The lowest BCUT2D eigenvalue weighted by Gasteiger charge is -2.16. The van der Waals surface area contributed by atoms with Crippen molar-refractivity contribution in [3.8, 4) is 11.5 Å². The summed E-state index contributed by atoms with van der Waals surface area (Å²) in [5, 5.41) is 11.4. The molecule has 0 aliphatic rings. The number of benzene rings is 4. The molecule has 6 rings (SSSR count). The Kier molecular flexibility index (Phi) is 9.01. The van der Waals surface area contributed by atoms with Crippen LogP contribution in [0.3, 0.4) is 0 Å². The molecule has 2 heterocycles. The first-order valence-corrected chi connectivity index (χ1v) is 15.2. The number of carbonyl (C=O) groups excluding carboxylic acids is 2. The summed E-state index contributed by atoms with van der Waals surface area (Å²) in [6.07, 6.45) is 5.90. The first-order valence-electron chi connectivity index (χ1n) is 15.2. The molecule has 10 nitrogen and oxygen atoms in total. The predicted octanol–water partition coefficient (Wildman–Crippen LogP) is 6.77. The lowest BCUT2D eigenvalue weighted by Crippen LogP contribution is -2.19. The molecule has 6 aromatic rings. The van der Waals surface area contributed by atoms with E-state index in [9.17, 15) is 14.4 Å². The van der Waals surface area contributed by atoms with E-state index in [0.29, 0.717) is 22.6 Å². The summed E-state index contributed by atoms with van der Waals surface area (Å²) in [4.78, 5) is 39.3. The maximum absolute atomic E-state index is 13.5. The lowest BCUT2D eigenvalue weighted by molar-refractivity contribution is 0.0997. The van der Waals surface area contributed by atoms with Gasteiger partial charge in [0.2, 0.25) is 0 Å². The van der Waals surface area contributed by atoms with Gasteiger partial charge in [-0.05, 0) is 79.3 Å². The van der Waals surface area contributed by atoms with Crippen LogP contribution in [0.4, 0.5) is 11.4 Å². The molecule has 2 amide bonds. The molecule has 0 aliphatic heterocycles. The number of hydrogen-bond donors (Lipinski definition) is 2. The number of aromatic nitrogens is 2. The number of aryl methyl sites for hydroxylation is 3. The number of unbranched alkanes of at least 4 members (excludes halogenated alkanes) is 1. The molecule has 0 saturated carbocycles. The Balaban J connectivity index is 1.12. The van der Waals surface area contributed by atoms with Crippen molar-refractivity contribution < 1.29 is 23.5 Å². The topological polar surface area (TPSA) is 125 Å². The molecule has 4 aromatic carbocycles. The molecule has 10 heteroatoms. The van der Waals surface area contributed by atoms with E-state index < -0.39 is 11.8 Å². The van der Waals surface area contributed by atoms with E-state index in [4.69, 9.17) is 13.9 Å². The van der Waals surface area contributed by atoms with Gasteiger partial charge in [-0.3, -0.25) is 19.1 Å². The minimum Gasteiger partial charge on any atom is -0.493 e. The van der Waals surface area contributed by atoms with E-state index in [1.165, 1.54) is 37.5 Å².